The number of hydrogen-bond donors (Lipinski definition) is 1. The number of rotatable bonds is 4. The van der Waals surface area contributed by atoms with Crippen LogP contribution in [0.1, 0.15) is 35.0 Å². The molecule has 5 nitrogen and oxygen atoms in total. The summed E-state index contributed by atoms with van der Waals surface area (Å²) in [6.45, 7) is 6.54. The molecule has 3 fully saturated rings. The molecule has 2 aromatic heterocycles. The third kappa shape index (κ3) is 3.41. The third-order valence-electron chi connectivity index (χ3n) is 5.37. The van der Waals surface area contributed by atoms with Crippen LogP contribution in [0.2, 0.25) is 0 Å². The van der Waals surface area contributed by atoms with Crippen molar-refractivity contribution in [1.29, 1.82) is 0 Å². The van der Waals surface area contributed by atoms with Crippen LogP contribution in [0.5, 0.6) is 10.9 Å². The number of aryl methyl sites for hydroxylation is 1. The van der Waals surface area contributed by atoms with Gasteiger partial charge >= 0.3 is 0 Å². The van der Waals surface area contributed by atoms with Crippen LogP contribution in [0, 0.1) is 12.8 Å². The highest BCUT2D eigenvalue weighted by Gasteiger charge is 2.40. The average Bonchev–Trinajstić information content (AvgIpc) is 3.09. The number of nitrogens with zero attached hydrogens (tertiary/aromatic N) is 2. The first-order valence-electron chi connectivity index (χ1n) is 8.85. The molecule has 5 heterocycles. The van der Waals surface area contributed by atoms with Crippen LogP contribution in [0.25, 0.3) is 0 Å². The summed E-state index contributed by atoms with van der Waals surface area (Å²) >= 11 is 1.36. The maximum atomic E-state index is 12.7. The van der Waals surface area contributed by atoms with E-state index in [1.807, 2.05) is 31.2 Å². The summed E-state index contributed by atoms with van der Waals surface area (Å²) in [4.78, 5) is 20.1. The summed E-state index contributed by atoms with van der Waals surface area (Å²) in [5, 5.41) is 3.94. The first kappa shape index (κ1) is 16.5. The number of nitrogens with one attached hydrogen (secondary N) is 1. The Balaban J connectivity index is 1.41. The number of carbonyl (C=O) groups is 1. The second-order valence-corrected chi connectivity index (χ2v) is 8.05. The molecule has 3 aliphatic rings. The summed E-state index contributed by atoms with van der Waals surface area (Å²) in [6.07, 6.45) is 4.14. The Bertz CT molecular complexity index is 748. The van der Waals surface area contributed by atoms with Crippen molar-refractivity contribution in [2.45, 2.75) is 38.8 Å². The van der Waals surface area contributed by atoms with Crippen molar-refractivity contribution in [2.75, 3.05) is 13.1 Å². The van der Waals surface area contributed by atoms with E-state index in [0.29, 0.717) is 27.8 Å². The van der Waals surface area contributed by atoms with E-state index in [9.17, 15) is 4.79 Å². The Morgan fingerprint density at radius 3 is 2.76 bits per heavy atom. The predicted molar refractivity (Wildman–Crippen MR) is 98.4 cm³/mol. The van der Waals surface area contributed by atoms with Crippen molar-refractivity contribution in [3.63, 3.8) is 0 Å². The lowest BCUT2D eigenvalue weighted by Crippen LogP contribution is -2.62. The molecule has 0 aromatic carbocycles. The van der Waals surface area contributed by atoms with Crippen molar-refractivity contribution in [2.24, 2.45) is 5.92 Å². The topological polar surface area (TPSA) is 54.5 Å². The van der Waals surface area contributed by atoms with Crippen LogP contribution in [-0.4, -0.2) is 41.0 Å². The molecule has 3 saturated heterocycles. The van der Waals surface area contributed by atoms with Gasteiger partial charge in [0.05, 0.1) is 4.88 Å². The van der Waals surface area contributed by atoms with Gasteiger partial charge in [-0.25, -0.2) is 4.98 Å². The summed E-state index contributed by atoms with van der Waals surface area (Å²) in [6, 6.07) is 8.13. The van der Waals surface area contributed by atoms with Gasteiger partial charge in [0.25, 0.3) is 5.91 Å². The van der Waals surface area contributed by atoms with Crippen molar-refractivity contribution in [3.05, 3.63) is 40.9 Å². The summed E-state index contributed by atoms with van der Waals surface area (Å²) in [5.41, 5.74) is 1.09. The molecule has 1 amide bonds. The quantitative estimate of drug-likeness (QED) is 0.910. The van der Waals surface area contributed by atoms with Gasteiger partial charge in [0, 0.05) is 24.3 Å². The van der Waals surface area contributed by atoms with E-state index >= 15 is 0 Å². The van der Waals surface area contributed by atoms with Gasteiger partial charge in [0.15, 0.2) is 5.06 Å². The molecular formula is C19H23N3O2S. The Morgan fingerprint density at radius 1 is 1.28 bits per heavy atom. The van der Waals surface area contributed by atoms with Crippen LogP contribution in [0.15, 0.2) is 30.5 Å². The maximum absolute atomic E-state index is 12.7. The van der Waals surface area contributed by atoms with Gasteiger partial charge in [-0.1, -0.05) is 17.4 Å². The first-order chi connectivity index (χ1) is 12.1. The fourth-order valence-corrected chi connectivity index (χ4v) is 4.65. The van der Waals surface area contributed by atoms with Gasteiger partial charge < -0.3 is 10.1 Å². The smallest absolute Gasteiger partial charge is 0.261 e. The number of fused-ring (bicyclic) bond motifs is 3. The maximum Gasteiger partial charge on any atom is 0.261 e. The molecule has 2 bridgehead atoms. The van der Waals surface area contributed by atoms with Gasteiger partial charge in [0.2, 0.25) is 5.88 Å². The molecule has 2 aromatic rings. The van der Waals surface area contributed by atoms with Crippen LogP contribution in [0.3, 0.4) is 0 Å². The van der Waals surface area contributed by atoms with Crippen molar-refractivity contribution in [3.8, 4) is 10.9 Å². The molecule has 5 rings (SSSR count). The summed E-state index contributed by atoms with van der Waals surface area (Å²) in [7, 11) is 0. The molecule has 0 spiro atoms. The van der Waals surface area contributed by atoms with Gasteiger partial charge in [-0.2, -0.15) is 0 Å². The minimum Gasteiger partial charge on any atom is -0.428 e. The van der Waals surface area contributed by atoms with Gasteiger partial charge in [-0.15, -0.1) is 0 Å². The minimum absolute atomic E-state index is 0.00214. The number of hydrogen-bond acceptors (Lipinski definition) is 5. The second kappa shape index (κ2) is 6.77. The molecule has 0 aliphatic carbocycles. The zero-order valence-corrected chi connectivity index (χ0v) is 15.4. The number of amides is 1. The van der Waals surface area contributed by atoms with E-state index in [4.69, 9.17) is 4.74 Å². The highest BCUT2D eigenvalue weighted by Crippen LogP contribution is 2.33. The molecule has 2 unspecified atom stereocenters. The fourth-order valence-electron chi connectivity index (χ4n) is 3.88. The predicted octanol–water partition coefficient (Wildman–Crippen LogP) is 3.46. The molecule has 25 heavy (non-hydrogen) atoms. The van der Waals surface area contributed by atoms with E-state index in [2.05, 4.69) is 22.1 Å². The van der Waals surface area contributed by atoms with E-state index in [-0.39, 0.29) is 11.9 Å². The lowest BCUT2D eigenvalue weighted by atomic mass is 9.79. The average molecular weight is 357 g/mol. The van der Waals surface area contributed by atoms with Crippen LogP contribution in [0.4, 0.5) is 0 Å². The van der Waals surface area contributed by atoms with Crippen LogP contribution >= 0.6 is 11.3 Å². The zero-order valence-electron chi connectivity index (χ0n) is 14.6. The van der Waals surface area contributed by atoms with E-state index < -0.39 is 0 Å². The number of pyridine rings is 1. The Morgan fingerprint density at radius 2 is 2.08 bits per heavy atom. The largest absolute Gasteiger partial charge is 0.428 e. The minimum atomic E-state index is 0.00214. The van der Waals surface area contributed by atoms with Crippen LogP contribution < -0.4 is 10.1 Å². The number of thiophene rings is 1. The SMILES string of the molecule is Cc1ccc(Oc2ccc(C(=O)NC3C4CCN(CC4)C3C)s2)nc1. The monoisotopic (exact) mass is 357 g/mol. The lowest BCUT2D eigenvalue weighted by Gasteiger charge is -2.49. The first-order valence-corrected chi connectivity index (χ1v) is 9.67. The molecule has 6 heteroatoms. The molecule has 2 atom stereocenters. The van der Waals surface area contributed by atoms with E-state index in [0.717, 1.165) is 5.56 Å². The Hall–Kier alpha value is -1.92. The molecular weight excluding hydrogens is 334 g/mol. The standard InChI is InChI=1S/C19H23N3O2S/c1-12-3-5-16(20-11-12)24-17-6-4-15(25-17)19(23)21-18-13(2)22-9-7-14(18)8-10-22/h3-6,11,13-14,18H,7-10H2,1-2H3,(H,21,23). The second-order valence-electron chi connectivity index (χ2n) is 7.01. The Labute approximate surface area is 152 Å². The van der Waals surface area contributed by atoms with Crippen molar-refractivity contribution < 1.29 is 9.53 Å². The number of carbonyl (C=O) groups excluding carboxylic acids is 1. The van der Waals surface area contributed by atoms with Crippen molar-refractivity contribution in [1.82, 2.24) is 15.2 Å². The summed E-state index contributed by atoms with van der Waals surface area (Å²) in [5.74, 6) is 1.16. The molecule has 132 valence electrons. The van der Waals surface area contributed by atoms with Gasteiger partial charge in [-0.05, 0) is 63.4 Å². The highest BCUT2D eigenvalue weighted by molar-refractivity contribution is 7.15. The fraction of sp³-hybridized carbons (Fsp3) is 0.474. The Kier molecular flexibility index (Phi) is 4.48. The van der Waals surface area contributed by atoms with Gasteiger partial charge in [0.1, 0.15) is 0 Å². The van der Waals surface area contributed by atoms with E-state index in [1.165, 1.54) is 37.3 Å². The normalized spacial score (nSPS) is 27.9. The number of ether oxygens (including phenoxy) is 1. The molecule has 3 aliphatic heterocycles. The van der Waals surface area contributed by atoms with Crippen molar-refractivity contribution >= 4 is 17.2 Å². The van der Waals surface area contributed by atoms with Crippen LogP contribution in [-0.2, 0) is 0 Å². The number of aromatic nitrogens is 1. The third-order valence-corrected chi connectivity index (χ3v) is 6.33. The number of piperidine rings is 3. The molecule has 0 radical (unpaired) electrons. The lowest BCUT2D eigenvalue weighted by molar-refractivity contribution is 0.0218. The molecule has 0 saturated carbocycles. The summed E-state index contributed by atoms with van der Waals surface area (Å²) < 4.78 is 5.74. The van der Waals surface area contributed by atoms with E-state index in [1.54, 1.807) is 6.20 Å². The highest BCUT2D eigenvalue weighted by atomic mass is 32.1. The zero-order chi connectivity index (χ0) is 17.4. The van der Waals surface area contributed by atoms with Gasteiger partial charge in [-0.3, -0.25) is 9.69 Å². The molecule has 1 N–H and O–H groups in total.